The molecule has 2 aliphatic rings. The fraction of sp³-hybridized carbons (Fsp3) is 0.576. The first-order valence-electron chi connectivity index (χ1n) is 15.0. The van der Waals surface area contributed by atoms with E-state index in [9.17, 15) is 14.7 Å². The Kier molecular flexibility index (Phi) is 11.5. The van der Waals surface area contributed by atoms with Gasteiger partial charge in [-0.05, 0) is 79.2 Å². The van der Waals surface area contributed by atoms with Crippen molar-refractivity contribution in [1.82, 2.24) is 10.2 Å². The van der Waals surface area contributed by atoms with E-state index in [0.717, 1.165) is 55.0 Å². The lowest BCUT2D eigenvalue weighted by Gasteiger charge is -2.27. The first-order valence-corrected chi connectivity index (χ1v) is 16.3. The van der Waals surface area contributed by atoms with Crippen LogP contribution in [0.15, 0.2) is 42.5 Å². The molecule has 2 aromatic carbocycles. The summed E-state index contributed by atoms with van der Waals surface area (Å²) < 4.78 is 6.30. The molecule has 0 bridgehead atoms. The molecule has 1 saturated heterocycles. The van der Waals surface area contributed by atoms with Crippen molar-refractivity contribution in [2.24, 2.45) is 5.92 Å². The molecule has 3 atom stereocenters. The van der Waals surface area contributed by atoms with Crippen LogP contribution in [0, 0.1) is 12.8 Å². The molecular weight excluding hydrogens is 520 g/mol. The maximum absolute atomic E-state index is 13.4. The molecule has 0 spiro atoms. The number of carboxylic acids is 1. The number of amides is 1. The number of likely N-dealkylation sites (tertiary alicyclic amines) is 1. The number of thioether (sulfide) groups is 1. The third-order valence-corrected chi connectivity index (χ3v) is 9.55. The SMILES string of the molecule is CCC[C@H](NC(=O)c1ccc(CN2C[C@H](SC)C[C@@H]2COCC2CCCCC2)cc1-c1ccccc1C)C(=O)O. The van der Waals surface area contributed by atoms with Gasteiger partial charge in [0, 0.05) is 36.6 Å². The molecule has 0 radical (unpaired) electrons. The standard InChI is InChI=1S/C33H46N2O4S/c1-4-10-31(33(37)38)34-32(36)29-16-15-25(17-30(29)28-14-9-8-11-23(28)2)19-35-20-27(40-3)18-26(35)22-39-21-24-12-6-5-7-13-24/h8-9,11,14-17,24,26-27,31H,4-7,10,12-13,18-22H2,1-3H3,(H,34,36)(H,37,38)/t26-,27-,31+/m1/s1. The van der Waals surface area contributed by atoms with E-state index in [-0.39, 0.29) is 5.91 Å². The third-order valence-electron chi connectivity index (χ3n) is 8.54. The second-order valence-electron chi connectivity index (χ2n) is 11.6. The zero-order chi connectivity index (χ0) is 28.5. The highest BCUT2D eigenvalue weighted by Crippen LogP contribution is 2.32. The fourth-order valence-corrected chi connectivity index (χ4v) is 6.96. The number of hydrogen-bond donors (Lipinski definition) is 2. The molecule has 1 saturated carbocycles. The number of carbonyl (C=O) groups is 2. The molecule has 1 heterocycles. The molecule has 1 aliphatic heterocycles. The number of carbonyl (C=O) groups excluding carboxylic acids is 1. The second kappa shape index (κ2) is 15.0. The maximum atomic E-state index is 13.4. The van der Waals surface area contributed by atoms with Gasteiger partial charge in [-0.25, -0.2) is 4.79 Å². The van der Waals surface area contributed by atoms with E-state index in [1.165, 1.54) is 32.1 Å². The van der Waals surface area contributed by atoms with Crippen LogP contribution in [0.1, 0.15) is 79.8 Å². The maximum Gasteiger partial charge on any atom is 0.326 e. The molecule has 0 aromatic heterocycles. The molecule has 0 unspecified atom stereocenters. The van der Waals surface area contributed by atoms with E-state index in [4.69, 9.17) is 4.74 Å². The predicted molar refractivity (Wildman–Crippen MR) is 164 cm³/mol. The van der Waals surface area contributed by atoms with Crippen LogP contribution in [0.3, 0.4) is 0 Å². The summed E-state index contributed by atoms with van der Waals surface area (Å²) in [6.45, 7) is 7.44. The monoisotopic (exact) mass is 566 g/mol. The molecule has 1 amide bonds. The number of nitrogens with one attached hydrogen (secondary N) is 1. The van der Waals surface area contributed by atoms with Crippen LogP contribution in [-0.4, -0.2) is 65.2 Å². The van der Waals surface area contributed by atoms with Crippen molar-refractivity contribution in [2.45, 2.75) is 89.1 Å². The number of nitrogens with zero attached hydrogens (tertiary/aromatic N) is 1. The summed E-state index contributed by atoms with van der Waals surface area (Å²) in [6.07, 6.45) is 11.0. The van der Waals surface area contributed by atoms with E-state index in [1.54, 1.807) is 0 Å². The summed E-state index contributed by atoms with van der Waals surface area (Å²) in [6, 6.07) is 13.6. The van der Waals surface area contributed by atoms with Crippen molar-refractivity contribution in [2.75, 3.05) is 26.0 Å². The molecule has 6 nitrogen and oxygen atoms in total. The van der Waals surface area contributed by atoms with Gasteiger partial charge in [-0.1, -0.05) is 62.9 Å². The number of aliphatic carboxylic acids is 1. The van der Waals surface area contributed by atoms with Gasteiger partial charge in [0.15, 0.2) is 0 Å². The molecular formula is C33H46N2O4S. The molecule has 7 heteroatoms. The number of rotatable bonds is 13. The van der Waals surface area contributed by atoms with Gasteiger partial charge >= 0.3 is 5.97 Å². The van der Waals surface area contributed by atoms with Gasteiger partial charge in [0.1, 0.15) is 6.04 Å². The van der Waals surface area contributed by atoms with Crippen LogP contribution >= 0.6 is 11.8 Å². The minimum atomic E-state index is -1.00. The molecule has 4 rings (SSSR count). The Morgan fingerprint density at radius 3 is 2.58 bits per heavy atom. The smallest absolute Gasteiger partial charge is 0.326 e. The van der Waals surface area contributed by atoms with Crippen LogP contribution in [0.2, 0.25) is 0 Å². The van der Waals surface area contributed by atoms with Crippen LogP contribution < -0.4 is 5.32 Å². The van der Waals surface area contributed by atoms with Crippen molar-refractivity contribution in [3.05, 3.63) is 59.2 Å². The predicted octanol–water partition coefficient (Wildman–Crippen LogP) is 6.55. The number of ether oxygens (including phenoxy) is 1. The quantitative estimate of drug-likeness (QED) is 0.286. The summed E-state index contributed by atoms with van der Waals surface area (Å²) in [5, 5.41) is 13.0. The molecule has 40 heavy (non-hydrogen) atoms. The van der Waals surface area contributed by atoms with Crippen molar-refractivity contribution in [3.63, 3.8) is 0 Å². The van der Waals surface area contributed by atoms with Crippen LogP contribution in [0.25, 0.3) is 11.1 Å². The summed E-state index contributed by atoms with van der Waals surface area (Å²) in [4.78, 5) is 27.6. The first-order chi connectivity index (χ1) is 19.4. The fourth-order valence-electron chi connectivity index (χ4n) is 6.20. The van der Waals surface area contributed by atoms with Gasteiger partial charge in [-0.15, -0.1) is 0 Å². The van der Waals surface area contributed by atoms with Crippen molar-refractivity contribution < 1.29 is 19.4 Å². The molecule has 2 aromatic rings. The van der Waals surface area contributed by atoms with E-state index >= 15 is 0 Å². The molecule has 1 aliphatic carbocycles. The lowest BCUT2D eigenvalue weighted by Crippen LogP contribution is -2.40. The van der Waals surface area contributed by atoms with Gasteiger partial charge in [0.05, 0.1) is 6.61 Å². The highest BCUT2D eigenvalue weighted by Gasteiger charge is 2.32. The van der Waals surface area contributed by atoms with E-state index in [2.05, 4.69) is 22.5 Å². The number of benzene rings is 2. The Morgan fingerprint density at radius 1 is 1.10 bits per heavy atom. The van der Waals surface area contributed by atoms with Crippen LogP contribution in [0.4, 0.5) is 0 Å². The summed E-state index contributed by atoms with van der Waals surface area (Å²) in [7, 11) is 0. The van der Waals surface area contributed by atoms with Gasteiger partial charge < -0.3 is 15.2 Å². The van der Waals surface area contributed by atoms with E-state index < -0.39 is 12.0 Å². The van der Waals surface area contributed by atoms with Crippen molar-refractivity contribution >= 4 is 23.6 Å². The Bertz CT molecular complexity index is 1130. The van der Waals surface area contributed by atoms with Gasteiger partial charge in [-0.2, -0.15) is 11.8 Å². The minimum absolute atomic E-state index is 0.344. The lowest BCUT2D eigenvalue weighted by atomic mass is 9.90. The largest absolute Gasteiger partial charge is 0.480 e. The van der Waals surface area contributed by atoms with Gasteiger partial charge in [0.25, 0.3) is 5.91 Å². The zero-order valence-corrected chi connectivity index (χ0v) is 25.2. The minimum Gasteiger partial charge on any atom is -0.480 e. The van der Waals surface area contributed by atoms with Crippen molar-refractivity contribution in [1.29, 1.82) is 0 Å². The van der Waals surface area contributed by atoms with Gasteiger partial charge in [-0.3, -0.25) is 9.69 Å². The average Bonchev–Trinajstić information content (AvgIpc) is 3.35. The van der Waals surface area contributed by atoms with E-state index in [0.29, 0.717) is 35.6 Å². The summed E-state index contributed by atoms with van der Waals surface area (Å²) in [5.41, 5.74) is 4.58. The number of hydrogen-bond acceptors (Lipinski definition) is 5. The highest BCUT2D eigenvalue weighted by atomic mass is 32.2. The Labute approximate surface area is 244 Å². The molecule has 218 valence electrons. The number of aryl methyl sites for hydroxylation is 1. The Balaban J connectivity index is 1.53. The highest BCUT2D eigenvalue weighted by molar-refractivity contribution is 7.99. The second-order valence-corrected chi connectivity index (χ2v) is 12.7. The molecule has 2 fully saturated rings. The lowest BCUT2D eigenvalue weighted by molar-refractivity contribution is -0.139. The topological polar surface area (TPSA) is 78.9 Å². The normalized spacial score (nSPS) is 20.9. The summed E-state index contributed by atoms with van der Waals surface area (Å²) in [5.74, 6) is -0.630. The third kappa shape index (κ3) is 8.11. The van der Waals surface area contributed by atoms with Crippen molar-refractivity contribution in [3.8, 4) is 11.1 Å². The Hall–Kier alpha value is -2.35. The van der Waals surface area contributed by atoms with Gasteiger partial charge in [0.2, 0.25) is 0 Å². The average molecular weight is 567 g/mol. The zero-order valence-electron chi connectivity index (χ0n) is 24.4. The first kappa shape index (κ1) is 30.6. The molecule has 2 N–H and O–H groups in total. The van der Waals surface area contributed by atoms with Crippen LogP contribution in [-0.2, 0) is 16.1 Å². The van der Waals surface area contributed by atoms with E-state index in [1.807, 2.05) is 62.0 Å². The Morgan fingerprint density at radius 2 is 1.88 bits per heavy atom. The van der Waals surface area contributed by atoms with Crippen LogP contribution in [0.5, 0.6) is 0 Å². The summed E-state index contributed by atoms with van der Waals surface area (Å²) >= 11 is 1.93. The number of carboxylic acid groups (broad SMARTS) is 1.